The minimum absolute atomic E-state index is 0.0624. The second-order valence-corrected chi connectivity index (χ2v) is 9.19. The first-order valence-corrected chi connectivity index (χ1v) is 11.9. The van der Waals surface area contributed by atoms with Gasteiger partial charge in [0.05, 0.1) is 30.3 Å². The number of aromatic hydroxyl groups is 1. The number of pyridine rings is 1. The van der Waals surface area contributed by atoms with Crippen LogP contribution in [0.5, 0.6) is 17.2 Å². The second kappa shape index (κ2) is 9.62. The number of carbonyl (C=O) groups excluding carboxylic acids is 2. The van der Waals surface area contributed by atoms with Crippen molar-refractivity contribution in [2.75, 3.05) is 14.2 Å². The van der Waals surface area contributed by atoms with E-state index in [-0.39, 0.29) is 29.4 Å². The van der Waals surface area contributed by atoms with E-state index < -0.39 is 23.5 Å². The van der Waals surface area contributed by atoms with Crippen molar-refractivity contribution in [3.05, 3.63) is 93.6 Å². The number of hydrogen-bond acceptors (Lipinski definition) is 8. The third kappa shape index (κ3) is 4.19. The number of phenolic OH excluding ortho intramolecular Hbond substituents is 1. The Hall–Kier alpha value is -4.31. The van der Waals surface area contributed by atoms with Crippen LogP contribution in [0.15, 0.2) is 81.1 Å². The van der Waals surface area contributed by atoms with E-state index in [1.807, 2.05) is 0 Å². The first-order valence-electron chi connectivity index (χ1n) is 11.1. The summed E-state index contributed by atoms with van der Waals surface area (Å²) in [6.45, 7) is 0.0624. The Morgan fingerprint density at radius 1 is 1.11 bits per heavy atom. The van der Waals surface area contributed by atoms with Gasteiger partial charge in [0.1, 0.15) is 0 Å². The predicted octanol–water partition coefficient (Wildman–Crippen LogP) is 5.09. The average Bonchev–Trinajstić information content (AvgIpc) is 3.45. The zero-order valence-corrected chi connectivity index (χ0v) is 21.4. The number of phenols is 1. The number of halogens is 1. The van der Waals surface area contributed by atoms with Gasteiger partial charge in [0.15, 0.2) is 34.4 Å². The number of amides is 1. The fourth-order valence-corrected chi connectivity index (χ4v) is 4.89. The predicted molar refractivity (Wildman–Crippen MR) is 137 cm³/mol. The highest BCUT2D eigenvalue weighted by molar-refractivity contribution is 9.10. The Morgan fingerprint density at radius 3 is 2.59 bits per heavy atom. The molecule has 1 atom stereocenters. The number of furan rings is 1. The molecule has 0 spiro atoms. The summed E-state index contributed by atoms with van der Waals surface area (Å²) < 4.78 is 16.8. The highest BCUT2D eigenvalue weighted by Gasteiger charge is 2.45. The summed E-state index contributed by atoms with van der Waals surface area (Å²) in [6, 6.07) is 12.4. The number of aliphatic hydroxyl groups excluding tert-OH is 1. The van der Waals surface area contributed by atoms with Crippen molar-refractivity contribution in [3.63, 3.8) is 0 Å². The number of para-hydroxylation sites is 1. The minimum Gasteiger partial charge on any atom is -0.503 e. The topological polar surface area (TPSA) is 122 Å². The monoisotopic (exact) mass is 564 g/mol. The standard InChI is InChI=1S/C27H21BrN2O7/c1-35-18-7-3-6-15-10-20(37-26(15)18)24(32)21-22(16-9-17(28)23(31)19(11-16)36-2)30(27(34)25(21)33)13-14-5-4-8-29-12-14/h3-12,22,31,33H,13H2,1-2H3. The van der Waals surface area contributed by atoms with Crippen LogP contribution in [0.3, 0.4) is 0 Å². The first kappa shape index (κ1) is 24.4. The Balaban J connectivity index is 1.65. The molecule has 0 fully saturated rings. The molecular weight excluding hydrogens is 544 g/mol. The molecule has 9 nitrogen and oxygen atoms in total. The smallest absolute Gasteiger partial charge is 0.290 e. The Morgan fingerprint density at radius 2 is 1.89 bits per heavy atom. The van der Waals surface area contributed by atoms with Crippen molar-refractivity contribution in [2.45, 2.75) is 12.6 Å². The lowest BCUT2D eigenvalue weighted by Crippen LogP contribution is -2.30. The summed E-state index contributed by atoms with van der Waals surface area (Å²) in [7, 11) is 2.88. The number of ketones is 1. The summed E-state index contributed by atoms with van der Waals surface area (Å²) in [4.78, 5) is 32.6. The van der Waals surface area contributed by atoms with Crippen molar-refractivity contribution in [1.82, 2.24) is 9.88 Å². The van der Waals surface area contributed by atoms with Gasteiger partial charge in [-0.2, -0.15) is 0 Å². The average molecular weight is 565 g/mol. The number of rotatable bonds is 7. The number of ether oxygens (including phenoxy) is 2. The number of fused-ring (bicyclic) bond motifs is 1. The largest absolute Gasteiger partial charge is 0.503 e. The lowest BCUT2D eigenvalue weighted by Gasteiger charge is -2.27. The third-order valence-corrected chi connectivity index (χ3v) is 6.77. The van der Waals surface area contributed by atoms with Crippen molar-refractivity contribution in [3.8, 4) is 17.2 Å². The zero-order valence-electron chi connectivity index (χ0n) is 19.8. The van der Waals surface area contributed by atoms with Gasteiger partial charge in [0, 0.05) is 24.3 Å². The van der Waals surface area contributed by atoms with Crippen LogP contribution in [0, 0.1) is 0 Å². The number of Topliss-reactive ketones (excluding diaryl/α,β-unsaturated/α-hetero) is 1. The van der Waals surface area contributed by atoms with E-state index in [0.29, 0.717) is 32.3 Å². The number of benzene rings is 2. The van der Waals surface area contributed by atoms with Gasteiger partial charge in [0.2, 0.25) is 5.78 Å². The molecule has 0 saturated heterocycles. The molecule has 1 unspecified atom stereocenters. The molecule has 3 heterocycles. The molecule has 5 rings (SSSR count). The molecule has 0 bridgehead atoms. The van der Waals surface area contributed by atoms with E-state index in [0.717, 1.165) is 0 Å². The van der Waals surface area contributed by atoms with Crippen LogP contribution < -0.4 is 9.47 Å². The van der Waals surface area contributed by atoms with Gasteiger partial charge in [0.25, 0.3) is 5.91 Å². The van der Waals surface area contributed by atoms with E-state index in [2.05, 4.69) is 20.9 Å². The van der Waals surface area contributed by atoms with Crippen LogP contribution in [0.4, 0.5) is 0 Å². The molecule has 4 aromatic rings. The van der Waals surface area contributed by atoms with Gasteiger partial charge in [-0.25, -0.2) is 0 Å². The van der Waals surface area contributed by atoms with Crippen LogP contribution in [-0.4, -0.2) is 46.0 Å². The summed E-state index contributed by atoms with van der Waals surface area (Å²) >= 11 is 3.30. The van der Waals surface area contributed by atoms with Crippen LogP contribution in [0.2, 0.25) is 0 Å². The Labute approximate surface area is 219 Å². The molecule has 1 aliphatic heterocycles. The van der Waals surface area contributed by atoms with Crippen molar-refractivity contribution >= 4 is 38.6 Å². The van der Waals surface area contributed by atoms with Crippen molar-refractivity contribution in [2.24, 2.45) is 0 Å². The Bertz CT molecular complexity index is 1560. The molecule has 2 aromatic carbocycles. The third-order valence-electron chi connectivity index (χ3n) is 6.16. The molecule has 1 aliphatic rings. The molecule has 188 valence electrons. The first-order chi connectivity index (χ1) is 17.8. The molecule has 2 aromatic heterocycles. The molecule has 1 amide bonds. The molecule has 37 heavy (non-hydrogen) atoms. The summed E-state index contributed by atoms with van der Waals surface area (Å²) in [5.41, 5.74) is 1.34. The van der Waals surface area contributed by atoms with E-state index in [9.17, 15) is 19.8 Å². The van der Waals surface area contributed by atoms with Crippen LogP contribution >= 0.6 is 15.9 Å². The molecular formula is C27H21BrN2O7. The summed E-state index contributed by atoms with van der Waals surface area (Å²) in [5, 5.41) is 22.0. The van der Waals surface area contributed by atoms with Crippen molar-refractivity contribution < 1.29 is 33.7 Å². The highest BCUT2D eigenvalue weighted by Crippen LogP contribution is 2.45. The summed E-state index contributed by atoms with van der Waals surface area (Å²) in [6.07, 6.45) is 3.20. The van der Waals surface area contributed by atoms with E-state index in [1.165, 1.54) is 25.2 Å². The number of methoxy groups -OCH3 is 2. The van der Waals surface area contributed by atoms with E-state index >= 15 is 0 Å². The quantitative estimate of drug-likeness (QED) is 0.297. The van der Waals surface area contributed by atoms with E-state index in [4.69, 9.17) is 13.9 Å². The maximum atomic E-state index is 13.8. The molecule has 0 aliphatic carbocycles. The SMILES string of the molecule is COc1cc(C2C(C(=O)c3cc4cccc(OC)c4o3)=C(O)C(=O)N2Cc2cccnc2)cc(Br)c1O. The fraction of sp³-hybridized carbons (Fsp3) is 0.148. The van der Waals surface area contributed by atoms with Gasteiger partial charge in [-0.05, 0) is 57.4 Å². The van der Waals surface area contributed by atoms with Crippen LogP contribution in [-0.2, 0) is 11.3 Å². The lowest BCUT2D eigenvalue weighted by molar-refractivity contribution is -0.130. The highest BCUT2D eigenvalue weighted by atomic mass is 79.9. The van der Waals surface area contributed by atoms with Crippen LogP contribution in [0.25, 0.3) is 11.0 Å². The second-order valence-electron chi connectivity index (χ2n) is 8.33. The van der Waals surface area contributed by atoms with Crippen LogP contribution in [0.1, 0.15) is 27.7 Å². The molecule has 0 radical (unpaired) electrons. The van der Waals surface area contributed by atoms with Gasteiger partial charge >= 0.3 is 0 Å². The number of hydrogen-bond donors (Lipinski definition) is 2. The fourth-order valence-electron chi connectivity index (χ4n) is 4.43. The normalized spacial score (nSPS) is 15.5. The molecule has 10 heteroatoms. The van der Waals surface area contributed by atoms with Gasteiger partial charge in [-0.15, -0.1) is 0 Å². The number of aromatic nitrogens is 1. The molecule has 0 saturated carbocycles. The van der Waals surface area contributed by atoms with E-state index in [1.54, 1.807) is 54.9 Å². The van der Waals surface area contributed by atoms with Gasteiger partial charge in [-0.1, -0.05) is 18.2 Å². The Kier molecular flexibility index (Phi) is 6.34. The number of aliphatic hydroxyl groups is 1. The maximum absolute atomic E-state index is 13.8. The number of nitrogens with zero attached hydrogens (tertiary/aromatic N) is 2. The maximum Gasteiger partial charge on any atom is 0.290 e. The van der Waals surface area contributed by atoms with Crippen molar-refractivity contribution in [1.29, 1.82) is 0 Å². The number of carbonyl (C=O) groups is 2. The zero-order chi connectivity index (χ0) is 26.3. The molecule has 2 N–H and O–H groups in total. The summed E-state index contributed by atoms with van der Waals surface area (Å²) in [5.74, 6) is -1.70. The minimum atomic E-state index is -1.01. The lowest BCUT2D eigenvalue weighted by atomic mass is 9.94. The van der Waals surface area contributed by atoms with Gasteiger partial charge in [-0.3, -0.25) is 14.6 Å². The van der Waals surface area contributed by atoms with Gasteiger partial charge < -0.3 is 29.0 Å².